The molecule has 1 aliphatic heterocycles. The van der Waals surface area contributed by atoms with Crippen LogP contribution in [0.15, 0.2) is 4.52 Å². The van der Waals surface area contributed by atoms with Gasteiger partial charge in [-0.3, -0.25) is 0 Å². The predicted molar refractivity (Wildman–Crippen MR) is 60.2 cm³/mol. The Labute approximate surface area is 100 Å². The van der Waals surface area contributed by atoms with Crippen molar-refractivity contribution < 1.29 is 14.0 Å². The number of rotatable bonds is 4. The third-order valence-corrected chi connectivity index (χ3v) is 3.03. The van der Waals surface area contributed by atoms with Crippen LogP contribution in [0.2, 0.25) is 0 Å². The quantitative estimate of drug-likeness (QED) is 0.846. The van der Waals surface area contributed by atoms with Crippen molar-refractivity contribution in [3.8, 4) is 0 Å². The zero-order chi connectivity index (χ0) is 12.5. The van der Waals surface area contributed by atoms with Crippen molar-refractivity contribution in [2.45, 2.75) is 31.9 Å². The van der Waals surface area contributed by atoms with E-state index in [1.807, 2.05) is 6.92 Å². The summed E-state index contributed by atoms with van der Waals surface area (Å²) in [7, 11) is 1.59. The van der Waals surface area contributed by atoms with Gasteiger partial charge in [-0.25, -0.2) is 0 Å². The van der Waals surface area contributed by atoms with Crippen LogP contribution in [0.1, 0.15) is 38.1 Å². The molecule has 3 atom stereocenters. The number of ether oxygens (including phenoxy) is 2. The van der Waals surface area contributed by atoms with E-state index in [-0.39, 0.29) is 6.10 Å². The maximum absolute atomic E-state index is 6.04. The van der Waals surface area contributed by atoms with Gasteiger partial charge in [0.15, 0.2) is 5.82 Å². The fourth-order valence-corrected chi connectivity index (χ4v) is 1.96. The molecule has 6 heteroatoms. The van der Waals surface area contributed by atoms with Gasteiger partial charge in [-0.2, -0.15) is 4.98 Å². The summed E-state index contributed by atoms with van der Waals surface area (Å²) in [4.78, 5) is 4.33. The number of methoxy groups -OCH3 is 1. The fourth-order valence-electron chi connectivity index (χ4n) is 1.96. The molecular weight excluding hydrogens is 222 g/mol. The molecular formula is C11H19N3O3. The Hall–Kier alpha value is -0.980. The van der Waals surface area contributed by atoms with Crippen LogP contribution < -0.4 is 5.73 Å². The van der Waals surface area contributed by atoms with Crippen molar-refractivity contribution in [2.75, 3.05) is 20.3 Å². The second-order valence-electron chi connectivity index (χ2n) is 4.86. The molecule has 1 saturated heterocycles. The fraction of sp³-hybridized carbons (Fsp3) is 0.818. The highest BCUT2D eigenvalue weighted by molar-refractivity contribution is 5.04. The third-order valence-electron chi connectivity index (χ3n) is 3.03. The maximum atomic E-state index is 6.04. The first kappa shape index (κ1) is 12.5. The van der Waals surface area contributed by atoms with Crippen LogP contribution in [-0.4, -0.2) is 30.5 Å². The zero-order valence-electron chi connectivity index (χ0n) is 10.5. The lowest BCUT2D eigenvalue weighted by molar-refractivity contribution is 0.0661. The first-order valence-corrected chi connectivity index (χ1v) is 5.78. The molecule has 2 rings (SSSR count). The number of nitrogens with zero attached hydrogens (tertiary/aromatic N) is 2. The van der Waals surface area contributed by atoms with E-state index in [4.69, 9.17) is 19.7 Å². The second kappa shape index (κ2) is 4.72. The summed E-state index contributed by atoms with van der Waals surface area (Å²) < 4.78 is 15.8. The van der Waals surface area contributed by atoms with Crippen LogP contribution in [0.5, 0.6) is 0 Å². The molecule has 0 aliphatic carbocycles. The highest BCUT2D eigenvalue weighted by Crippen LogP contribution is 2.33. The van der Waals surface area contributed by atoms with E-state index in [1.54, 1.807) is 7.11 Å². The number of hydrogen-bond donors (Lipinski definition) is 1. The summed E-state index contributed by atoms with van der Waals surface area (Å²) in [5, 5.41) is 3.91. The van der Waals surface area contributed by atoms with Gasteiger partial charge in [-0.05, 0) is 19.3 Å². The van der Waals surface area contributed by atoms with Gasteiger partial charge in [0.1, 0.15) is 11.6 Å². The maximum Gasteiger partial charge on any atom is 0.256 e. The van der Waals surface area contributed by atoms with E-state index in [2.05, 4.69) is 17.1 Å². The molecule has 2 heterocycles. The van der Waals surface area contributed by atoms with E-state index < -0.39 is 5.54 Å². The number of aromatic nitrogens is 2. The van der Waals surface area contributed by atoms with Crippen molar-refractivity contribution in [3.63, 3.8) is 0 Å². The smallest absolute Gasteiger partial charge is 0.256 e. The van der Waals surface area contributed by atoms with Gasteiger partial charge in [-0.1, -0.05) is 12.1 Å². The summed E-state index contributed by atoms with van der Waals surface area (Å²) in [5.41, 5.74) is 5.31. The van der Waals surface area contributed by atoms with Crippen LogP contribution in [-0.2, 0) is 15.0 Å². The van der Waals surface area contributed by atoms with Crippen molar-refractivity contribution in [1.29, 1.82) is 0 Å². The SMILES string of the molecule is COCC(C)(N)c1noc(C2OCCC2C)n1. The molecule has 1 aromatic heterocycles. The monoisotopic (exact) mass is 241 g/mol. The Bertz CT molecular complexity index is 378. The molecule has 1 aliphatic rings. The Morgan fingerprint density at radius 3 is 2.94 bits per heavy atom. The Balaban J connectivity index is 2.15. The molecule has 0 saturated carbocycles. The van der Waals surface area contributed by atoms with Gasteiger partial charge in [0.05, 0.1) is 6.61 Å². The van der Waals surface area contributed by atoms with E-state index in [9.17, 15) is 0 Å². The Morgan fingerprint density at radius 2 is 2.35 bits per heavy atom. The van der Waals surface area contributed by atoms with Gasteiger partial charge < -0.3 is 19.7 Å². The molecule has 0 spiro atoms. The molecule has 0 aromatic carbocycles. The molecule has 0 radical (unpaired) electrons. The van der Waals surface area contributed by atoms with Crippen LogP contribution in [0, 0.1) is 5.92 Å². The molecule has 1 fully saturated rings. The summed E-state index contributed by atoms with van der Waals surface area (Å²) in [6, 6.07) is 0. The minimum Gasteiger partial charge on any atom is -0.382 e. The van der Waals surface area contributed by atoms with E-state index in [1.165, 1.54) is 0 Å². The molecule has 3 unspecified atom stereocenters. The third kappa shape index (κ3) is 2.48. The lowest BCUT2D eigenvalue weighted by atomic mass is 10.0. The van der Waals surface area contributed by atoms with Crippen molar-refractivity contribution in [1.82, 2.24) is 10.1 Å². The first-order chi connectivity index (χ1) is 8.04. The normalized spacial score (nSPS) is 28.2. The molecule has 1 aromatic rings. The minimum absolute atomic E-state index is 0.102. The largest absolute Gasteiger partial charge is 0.382 e. The molecule has 0 bridgehead atoms. The van der Waals surface area contributed by atoms with Crippen molar-refractivity contribution in [2.24, 2.45) is 11.7 Å². The van der Waals surface area contributed by atoms with Crippen molar-refractivity contribution >= 4 is 0 Å². The average Bonchev–Trinajstić information content (AvgIpc) is 2.85. The average molecular weight is 241 g/mol. The Morgan fingerprint density at radius 1 is 1.59 bits per heavy atom. The topological polar surface area (TPSA) is 83.4 Å². The summed E-state index contributed by atoms with van der Waals surface area (Å²) >= 11 is 0. The highest BCUT2D eigenvalue weighted by Gasteiger charge is 2.34. The molecule has 0 amide bonds. The van der Waals surface area contributed by atoms with Gasteiger partial charge in [0, 0.05) is 13.7 Å². The second-order valence-corrected chi connectivity index (χ2v) is 4.86. The molecule has 6 nitrogen and oxygen atoms in total. The lowest BCUT2D eigenvalue weighted by Gasteiger charge is -2.18. The molecule has 17 heavy (non-hydrogen) atoms. The first-order valence-electron chi connectivity index (χ1n) is 5.78. The Kier molecular flexibility index (Phi) is 3.46. The van der Waals surface area contributed by atoms with Gasteiger partial charge in [0.25, 0.3) is 5.89 Å². The molecule has 2 N–H and O–H groups in total. The number of hydrogen-bond acceptors (Lipinski definition) is 6. The lowest BCUT2D eigenvalue weighted by Crippen LogP contribution is -2.39. The molecule has 96 valence electrons. The zero-order valence-corrected chi connectivity index (χ0v) is 10.5. The minimum atomic E-state index is -0.738. The number of nitrogens with two attached hydrogens (primary N) is 1. The van der Waals surface area contributed by atoms with E-state index in [0.717, 1.165) is 13.0 Å². The standard InChI is InChI=1S/C11H19N3O3/c1-7-4-5-16-8(7)9-13-10(14-17-9)11(2,12)6-15-3/h7-8H,4-6,12H2,1-3H3. The van der Waals surface area contributed by atoms with Gasteiger partial charge >= 0.3 is 0 Å². The van der Waals surface area contributed by atoms with Crippen LogP contribution in [0.4, 0.5) is 0 Å². The predicted octanol–water partition coefficient (Wildman–Crippen LogP) is 0.987. The van der Waals surface area contributed by atoms with Crippen molar-refractivity contribution in [3.05, 3.63) is 11.7 Å². The van der Waals surface area contributed by atoms with Crippen LogP contribution >= 0.6 is 0 Å². The van der Waals surface area contributed by atoms with Crippen LogP contribution in [0.25, 0.3) is 0 Å². The van der Waals surface area contributed by atoms with E-state index in [0.29, 0.717) is 24.2 Å². The van der Waals surface area contributed by atoms with E-state index >= 15 is 0 Å². The summed E-state index contributed by atoms with van der Waals surface area (Å²) in [6.45, 7) is 5.00. The summed E-state index contributed by atoms with van der Waals surface area (Å²) in [6.07, 6.45) is 0.912. The highest BCUT2D eigenvalue weighted by atomic mass is 16.5. The van der Waals surface area contributed by atoms with Crippen LogP contribution in [0.3, 0.4) is 0 Å². The van der Waals surface area contributed by atoms with Gasteiger partial charge in [-0.15, -0.1) is 0 Å². The van der Waals surface area contributed by atoms with Gasteiger partial charge in [0.2, 0.25) is 0 Å². The summed E-state index contributed by atoms with van der Waals surface area (Å²) in [5.74, 6) is 1.37.